The van der Waals surface area contributed by atoms with Crippen molar-refractivity contribution >= 4 is 11.6 Å². The van der Waals surface area contributed by atoms with Gasteiger partial charge in [0.05, 0.1) is 0 Å². The molecule has 2 aliphatic heterocycles. The van der Waals surface area contributed by atoms with E-state index in [9.17, 15) is 4.79 Å². The van der Waals surface area contributed by atoms with Crippen molar-refractivity contribution in [3.05, 3.63) is 29.8 Å². The van der Waals surface area contributed by atoms with Gasteiger partial charge in [0.25, 0.3) is 0 Å². The molecule has 3 heteroatoms. The van der Waals surface area contributed by atoms with E-state index in [0.717, 1.165) is 25.2 Å². The van der Waals surface area contributed by atoms with Crippen LogP contribution < -0.4 is 10.2 Å². The van der Waals surface area contributed by atoms with Crippen LogP contribution in [0.2, 0.25) is 0 Å². The quantitative estimate of drug-likeness (QED) is 0.712. The lowest BCUT2D eigenvalue weighted by atomic mass is 9.90. The Morgan fingerprint density at radius 2 is 2.25 bits per heavy atom. The summed E-state index contributed by atoms with van der Waals surface area (Å²) in [6.45, 7) is 3.67. The zero-order valence-electron chi connectivity index (χ0n) is 9.44. The Bertz CT molecular complexity index is 430. The maximum Gasteiger partial charge on any atom is 0.224 e. The number of hydrogen-bond acceptors (Lipinski definition) is 2. The summed E-state index contributed by atoms with van der Waals surface area (Å²) in [5, 5.41) is 3.42. The molecule has 0 unspecified atom stereocenters. The number of piperidine rings is 1. The van der Waals surface area contributed by atoms with Crippen LogP contribution >= 0.6 is 0 Å². The summed E-state index contributed by atoms with van der Waals surface area (Å²) in [5.74, 6) is 0.649. The Morgan fingerprint density at radius 3 is 3.06 bits per heavy atom. The Balaban J connectivity index is 2.09. The molecule has 3 nitrogen and oxygen atoms in total. The summed E-state index contributed by atoms with van der Waals surface area (Å²) in [5.41, 5.74) is 2.45. The fourth-order valence-electron chi connectivity index (χ4n) is 3.07. The third kappa shape index (κ3) is 1.28. The van der Waals surface area contributed by atoms with Crippen LogP contribution in [0.25, 0.3) is 0 Å². The van der Waals surface area contributed by atoms with Crippen molar-refractivity contribution in [1.29, 1.82) is 0 Å². The molecule has 3 rings (SSSR count). The van der Waals surface area contributed by atoms with Crippen molar-refractivity contribution in [3.63, 3.8) is 0 Å². The van der Waals surface area contributed by atoms with Gasteiger partial charge in [-0.15, -0.1) is 0 Å². The second kappa shape index (κ2) is 3.59. The van der Waals surface area contributed by atoms with Crippen molar-refractivity contribution in [3.8, 4) is 0 Å². The minimum absolute atomic E-state index is 0.168. The minimum atomic E-state index is 0.168. The third-order valence-electron chi connectivity index (χ3n) is 3.71. The lowest BCUT2D eigenvalue weighted by Gasteiger charge is -2.31. The number of nitrogens with one attached hydrogen (secondary N) is 1. The van der Waals surface area contributed by atoms with Crippen LogP contribution in [-0.4, -0.2) is 25.0 Å². The van der Waals surface area contributed by atoms with E-state index in [1.807, 2.05) is 11.0 Å². The summed E-state index contributed by atoms with van der Waals surface area (Å²) in [4.78, 5) is 13.8. The first-order valence-electron chi connectivity index (χ1n) is 5.88. The van der Waals surface area contributed by atoms with Crippen molar-refractivity contribution in [2.75, 3.05) is 18.0 Å². The average molecular weight is 216 g/mol. The first-order valence-corrected chi connectivity index (χ1v) is 5.88. The van der Waals surface area contributed by atoms with Crippen molar-refractivity contribution < 1.29 is 4.79 Å². The van der Waals surface area contributed by atoms with Gasteiger partial charge < -0.3 is 10.2 Å². The molecule has 1 fully saturated rings. The molecule has 0 aliphatic carbocycles. The van der Waals surface area contributed by atoms with E-state index in [1.54, 1.807) is 6.92 Å². The third-order valence-corrected chi connectivity index (χ3v) is 3.71. The topological polar surface area (TPSA) is 32.3 Å². The van der Waals surface area contributed by atoms with Gasteiger partial charge in [-0.1, -0.05) is 18.2 Å². The number of para-hydroxylation sites is 1. The Hall–Kier alpha value is -1.35. The van der Waals surface area contributed by atoms with Crippen LogP contribution in [0, 0.1) is 0 Å². The predicted molar refractivity (Wildman–Crippen MR) is 63.6 cm³/mol. The Morgan fingerprint density at radius 1 is 1.44 bits per heavy atom. The van der Waals surface area contributed by atoms with Crippen LogP contribution in [0.5, 0.6) is 0 Å². The first kappa shape index (κ1) is 9.85. The molecule has 16 heavy (non-hydrogen) atoms. The molecule has 0 bridgehead atoms. The minimum Gasteiger partial charge on any atom is -0.316 e. The van der Waals surface area contributed by atoms with Crippen LogP contribution in [-0.2, 0) is 4.79 Å². The van der Waals surface area contributed by atoms with Gasteiger partial charge in [-0.3, -0.25) is 4.79 Å². The molecule has 1 saturated heterocycles. The molecule has 84 valence electrons. The predicted octanol–water partition coefficient (Wildman–Crippen LogP) is 1.50. The van der Waals surface area contributed by atoms with Crippen LogP contribution in [0.15, 0.2) is 24.3 Å². The average Bonchev–Trinajstić information content (AvgIpc) is 2.63. The highest BCUT2D eigenvalue weighted by atomic mass is 16.2. The molecular formula is C13H16N2O. The molecule has 0 radical (unpaired) electrons. The number of carbonyl (C=O) groups excluding carboxylic acids is 1. The van der Waals surface area contributed by atoms with E-state index < -0.39 is 0 Å². The van der Waals surface area contributed by atoms with E-state index in [2.05, 4.69) is 23.5 Å². The number of carbonyl (C=O) groups is 1. The summed E-state index contributed by atoms with van der Waals surface area (Å²) in [7, 11) is 0. The van der Waals surface area contributed by atoms with Crippen LogP contribution in [0.1, 0.15) is 24.8 Å². The molecule has 2 heterocycles. The van der Waals surface area contributed by atoms with E-state index in [4.69, 9.17) is 0 Å². The van der Waals surface area contributed by atoms with Gasteiger partial charge in [0.15, 0.2) is 0 Å². The molecule has 2 aliphatic rings. The number of nitrogens with zero attached hydrogens (tertiary/aromatic N) is 1. The molecule has 1 aromatic carbocycles. The second-order valence-electron chi connectivity index (χ2n) is 4.61. The smallest absolute Gasteiger partial charge is 0.224 e. The zero-order valence-corrected chi connectivity index (χ0v) is 9.44. The highest BCUT2D eigenvalue weighted by Gasteiger charge is 2.41. The highest BCUT2D eigenvalue weighted by molar-refractivity contribution is 5.95. The van der Waals surface area contributed by atoms with Gasteiger partial charge in [0, 0.05) is 31.1 Å². The van der Waals surface area contributed by atoms with Gasteiger partial charge in [-0.25, -0.2) is 0 Å². The summed E-state index contributed by atoms with van der Waals surface area (Å²) in [6.07, 6.45) is 1.05. The highest BCUT2D eigenvalue weighted by Crippen LogP contribution is 2.42. The summed E-state index contributed by atoms with van der Waals surface area (Å²) >= 11 is 0. The zero-order chi connectivity index (χ0) is 11.1. The van der Waals surface area contributed by atoms with Gasteiger partial charge in [-0.2, -0.15) is 0 Å². The monoisotopic (exact) mass is 216 g/mol. The summed E-state index contributed by atoms with van der Waals surface area (Å²) < 4.78 is 0. The Kier molecular flexibility index (Phi) is 2.21. The molecule has 1 aromatic rings. The van der Waals surface area contributed by atoms with Crippen molar-refractivity contribution in [1.82, 2.24) is 5.32 Å². The molecule has 0 saturated carbocycles. The molecular weight excluding hydrogens is 200 g/mol. The maximum absolute atomic E-state index is 11.8. The summed E-state index contributed by atoms with van der Waals surface area (Å²) in [6, 6.07) is 8.67. The van der Waals surface area contributed by atoms with E-state index in [1.165, 1.54) is 5.56 Å². The second-order valence-corrected chi connectivity index (χ2v) is 4.61. The lowest BCUT2D eigenvalue weighted by Crippen LogP contribution is -2.45. The van der Waals surface area contributed by atoms with Gasteiger partial charge in [0.1, 0.15) is 0 Å². The number of fused-ring (bicyclic) bond motifs is 3. The number of rotatable bonds is 0. The largest absolute Gasteiger partial charge is 0.316 e. The van der Waals surface area contributed by atoms with E-state index >= 15 is 0 Å². The fourth-order valence-corrected chi connectivity index (χ4v) is 3.07. The van der Waals surface area contributed by atoms with Crippen molar-refractivity contribution in [2.24, 2.45) is 0 Å². The van der Waals surface area contributed by atoms with Crippen molar-refractivity contribution in [2.45, 2.75) is 25.3 Å². The number of benzene rings is 1. The molecule has 1 amide bonds. The maximum atomic E-state index is 11.8. The Labute approximate surface area is 95.4 Å². The lowest BCUT2D eigenvalue weighted by molar-refractivity contribution is -0.117. The molecule has 1 N–H and O–H groups in total. The number of amides is 1. The first-order chi connectivity index (χ1) is 7.79. The standard InChI is InChI=1S/C13H16N2O/c1-9(16)15-12-5-3-2-4-10(12)11-8-14-7-6-13(11)15/h2-5,11,13-14H,6-8H2,1H3/t11-,13+/m1/s1. The SMILES string of the molecule is CC(=O)N1c2ccccc2[C@H]2CNCC[C@@H]21. The van der Waals surface area contributed by atoms with Gasteiger partial charge in [-0.05, 0) is 24.6 Å². The van der Waals surface area contributed by atoms with Crippen LogP contribution in [0.3, 0.4) is 0 Å². The van der Waals surface area contributed by atoms with Gasteiger partial charge >= 0.3 is 0 Å². The number of hydrogen-bond donors (Lipinski definition) is 1. The molecule has 0 spiro atoms. The van der Waals surface area contributed by atoms with E-state index in [-0.39, 0.29) is 5.91 Å². The fraction of sp³-hybridized carbons (Fsp3) is 0.462. The van der Waals surface area contributed by atoms with Gasteiger partial charge in [0.2, 0.25) is 5.91 Å². The molecule has 2 atom stereocenters. The van der Waals surface area contributed by atoms with Crippen LogP contribution in [0.4, 0.5) is 5.69 Å². The van der Waals surface area contributed by atoms with E-state index in [0.29, 0.717) is 12.0 Å². The normalized spacial score (nSPS) is 27.4. The molecule has 0 aromatic heterocycles. The number of anilines is 1.